The van der Waals surface area contributed by atoms with Crippen molar-refractivity contribution in [3.05, 3.63) is 35.9 Å². The molecule has 1 unspecified atom stereocenters. The Balaban J connectivity index is 2.04. The highest BCUT2D eigenvalue weighted by atomic mass is 16.4. The quantitative estimate of drug-likeness (QED) is 0.823. The van der Waals surface area contributed by atoms with Crippen LogP contribution in [0.2, 0.25) is 0 Å². The number of aliphatic carboxylic acids is 1. The van der Waals surface area contributed by atoms with Crippen molar-refractivity contribution in [2.24, 2.45) is 5.92 Å². The lowest BCUT2D eigenvalue weighted by molar-refractivity contribution is -0.139. The summed E-state index contributed by atoms with van der Waals surface area (Å²) in [6.07, 6.45) is 0.673. The third kappa shape index (κ3) is 4.81. The molecule has 1 atom stereocenters. The van der Waals surface area contributed by atoms with Crippen LogP contribution < -0.4 is 0 Å². The molecule has 0 bridgehead atoms. The van der Waals surface area contributed by atoms with Gasteiger partial charge >= 0.3 is 5.97 Å². The van der Waals surface area contributed by atoms with Gasteiger partial charge in [0.1, 0.15) is 0 Å². The van der Waals surface area contributed by atoms with Gasteiger partial charge in [0.15, 0.2) is 0 Å². The summed E-state index contributed by atoms with van der Waals surface area (Å²) < 4.78 is 0. The van der Waals surface area contributed by atoms with Crippen molar-refractivity contribution in [2.45, 2.75) is 25.8 Å². The Morgan fingerprint density at radius 2 is 2.00 bits per heavy atom. The van der Waals surface area contributed by atoms with Crippen LogP contribution in [0.15, 0.2) is 30.3 Å². The molecule has 1 fully saturated rings. The number of hydrogen-bond acceptors (Lipinski definition) is 3. The first-order chi connectivity index (χ1) is 11.0. The van der Waals surface area contributed by atoms with E-state index in [-0.39, 0.29) is 30.6 Å². The second kappa shape index (κ2) is 7.76. The Morgan fingerprint density at radius 1 is 1.30 bits per heavy atom. The van der Waals surface area contributed by atoms with Gasteiger partial charge in [0.2, 0.25) is 11.8 Å². The Labute approximate surface area is 135 Å². The van der Waals surface area contributed by atoms with E-state index in [0.717, 1.165) is 5.56 Å². The van der Waals surface area contributed by atoms with Crippen LogP contribution in [0.1, 0.15) is 24.8 Å². The van der Waals surface area contributed by atoms with Crippen molar-refractivity contribution in [2.75, 3.05) is 20.1 Å². The minimum Gasteiger partial charge on any atom is -0.481 e. The number of amides is 2. The van der Waals surface area contributed by atoms with Gasteiger partial charge in [-0.25, -0.2) is 0 Å². The number of benzene rings is 1. The molecule has 124 valence electrons. The number of nitrogens with zero attached hydrogens (tertiary/aromatic N) is 2. The summed E-state index contributed by atoms with van der Waals surface area (Å²) in [6, 6.07) is 9.59. The summed E-state index contributed by atoms with van der Waals surface area (Å²) in [5.41, 5.74) is 0.994. The minimum atomic E-state index is -0.868. The number of hydrogen-bond donors (Lipinski definition) is 1. The van der Waals surface area contributed by atoms with Crippen LogP contribution in [0.4, 0.5) is 0 Å². The average molecular weight is 318 g/mol. The summed E-state index contributed by atoms with van der Waals surface area (Å²) in [4.78, 5) is 38.3. The van der Waals surface area contributed by atoms with Crippen LogP contribution in [0.25, 0.3) is 0 Å². The predicted octanol–water partition coefficient (Wildman–Crippen LogP) is 1.36. The lowest BCUT2D eigenvalue weighted by atomic mass is 10.1. The molecule has 23 heavy (non-hydrogen) atoms. The van der Waals surface area contributed by atoms with Gasteiger partial charge in [-0.2, -0.15) is 0 Å². The van der Waals surface area contributed by atoms with Crippen LogP contribution in [0.3, 0.4) is 0 Å². The second-order valence-corrected chi connectivity index (χ2v) is 5.92. The molecule has 1 aliphatic rings. The second-order valence-electron chi connectivity index (χ2n) is 5.92. The van der Waals surface area contributed by atoms with Gasteiger partial charge in [0.25, 0.3) is 0 Å². The van der Waals surface area contributed by atoms with Gasteiger partial charge in [-0.3, -0.25) is 14.4 Å². The third-order valence-corrected chi connectivity index (χ3v) is 4.04. The highest BCUT2D eigenvalue weighted by Gasteiger charge is 2.34. The first-order valence-corrected chi connectivity index (χ1v) is 7.76. The molecule has 1 heterocycles. The summed E-state index contributed by atoms with van der Waals surface area (Å²) in [7, 11) is 1.70. The minimum absolute atomic E-state index is 0.0199. The fraction of sp³-hybridized carbons (Fsp3) is 0.471. The van der Waals surface area contributed by atoms with Gasteiger partial charge in [-0.05, 0) is 12.0 Å². The zero-order valence-corrected chi connectivity index (χ0v) is 13.3. The first kappa shape index (κ1) is 17.0. The van der Waals surface area contributed by atoms with E-state index >= 15 is 0 Å². The third-order valence-electron chi connectivity index (χ3n) is 4.04. The molecule has 1 saturated heterocycles. The molecule has 0 saturated carbocycles. The van der Waals surface area contributed by atoms with E-state index < -0.39 is 5.97 Å². The fourth-order valence-electron chi connectivity index (χ4n) is 2.78. The van der Waals surface area contributed by atoms with Gasteiger partial charge in [-0.1, -0.05) is 30.3 Å². The van der Waals surface area contributed by atoms with Crippen LogP contribution in [-0.2, 0) is 20.9 Å². The molecule has 1 aromatic rings. The Bertz CT molecular complexity index is 573. The molecule has 2 amide bonds. The number of carboxylic acids is 1. The largest absolute Gasteiger partial charge is 0.481 e. The van der Waals surface area contributed by atoms with Crippen LogP contribution in [0.5, 0.6) is 0 Å². The topological polar surface area (TPSA) is 77.9 Å². The molecule has 6 nitrogen and oxygen atoms in total. The van der Waals surface area contributed by atoms with Crippen molar-refractivity contribution < 1.29 is 19.5 Å². The van der Waals surface area contributed by atoms with Gasteiger partial charge in [0, 0.05) is 39.5 Å². The molecule has 0 aliphatic carbocycles. The molecular formula is C17H22N2O4. The highest BCUT2D eigenvalue weighted by molar-refractivity contribution is 5.89. The summed E-state index contributed by atoms with van der Waals surface area (Å²) in [5, 5.41) is 8.78. The highest BCUT2D eigenvalue weighted by Crippen LogP contribution is 2.20. The zero-order valence-electron chi connectivity index (χ0n) is 13.3. The van der Waals surface area contributed by atoms with E-state index in [4.69, 9.17) is 5.11 Å². The monoisotopic (exact) mass is 318 g/mol. The molecule has 0 radical (unpaired) electrons. The maximum absolute atomic E-state index is 12.7. The van der Waals surface area contributed by atoms with E-state index in [1.54, 1.807) is 16.8 Å². The van der Waals surface area contributed by atoms with Crippen molar-refractivity contribution in [3.8, 4) is 0 Å². The maximum Gasteiger partial charge on any atom is 0.303 e. The van der Waals surface area contributed by atoms with Crippen LogP contribution >= 0.6 is 0 Å². The van der Waals surface area contributed by atoms with Crippen molar-refractivity contribution in [1.29, 1.82) is 0 Å². The Morgan fingerprint density at radius 3 is 2.57 bits per heavy atom. The number of rotatable bonds is 7. The average Bonchev–Trinajstić information content (AvgIpc) is 2.86. The summed E-state index contributed by atoms with van der Waals surface area (Å²) in [5.74, 6) is -1.29. The normalized spacial score (nSPS) is 17.3. The molecule has 1 aromatic carbocycles. The zero-order chi connectivity index (χ0) is 16.8. The van der Waals surface area contributed by atoms with Crippen LogP contribution in [-0.4, -0.2) is 52.8 Å². The molecule has 1 aliphatic heterocycles. The van der Waals surface area contributed by atoms with E-state index in [9.17, 15) is 14.4 Å². The number of carbonyl (C=O) groups excluding carboxylic acids is 2. The fourth-order valence-corrected chi connectivity index (χ4v) is 2.78. The summed E-state index contributed by atoms with van der Waals surface area (Å²) in [6.45, 7) is 1.25. The lowest BCUT2D eigenvalue weighted by Crippen LogP contribution is -2.37. The molecule has 2 rings (SSSR count). The lowest BCUT2D eigenvalue weighted by Gasteiger charge is -2.25. The van der Waals surface area contributed by atoms with E-state index in [1.165, 1.54) is 0 Å². The van der Waals surface area contributed by atoms with E-state index in [0.29, 0.717) is 26.1 Å². The van der Waals surface area contributed by atoms with Crippen molar-refractivity contribution in [1.82, 2.24) is 9.80 Å². The number of carbonyl (C=O) groups is 3. The van der Waals surface area contributed by atoms with Gasteiger partial charge < -0.3 is 14.9 Å². The van der Waals surface area contributed by atoms with E-state index in [2.05, 4.69) is 0 Å². The summed E-state index contributed by atoms with van der Waals surface area (Å²) >= 11 is 0. The van der Waals surface area contributed by atoms with Gasteiger partial charge in [-0.15, -0.1) is 0 Å². The smallest absolute Gasteiger partial charge is 0.303 e. The molecule has 0 spiro atoms. The standard InChI is InChI=1S/C17H22N2O4/c1-18-12-14(10-15(18)20)17(23)19(9-5-8-16(21)22)11-13-6-3-2-4-7-13/h2-4,6-7,14H,5,8-12H2,1H3,(H,21,22). The molecule has 1 N–H and O–H groups in total. The van der Waals surface area contributed by atoms with Crippen molar-refractivity contribution >= 4 is 17.8 Å². The number of likely N-dealkylation sites (tertiary alicyclic amines) is 1. The number of carboxylic acid groups (broad SMARTS) is 1. The van der Waals surface area contributed by atoms with Gasteiger partial charge in [0.05, 0.1) is 5.92 Å². The SMILES string of the molecule is CN1CC(C(=O)N(CCCC(=O)O)Cc2ccccc2)CC1=O. The molecule has 0 aromatic heterocycles. The molecule has 6 heteroatoms. The first-order valence-electron chi connectivity index (χ1n) is 7.76. The Hall–Kier alpha value is -2.37. The van der Waals surface area contributed by atoms with Crippen LogP contribution in [0, 0.1) is 5.92 Å². The van der Waals surface area contributed by atoms with E-state index in [1.807, 2.05) is 30.3 Å². The van der Waals surface area contributed by atoms with Crippen molar-refractivity contribution in [3.63, 3.8) is 0 Å². The molecular weight excluding hydrogens is 296 g/mol. The Kier molecular flexibility index (Phi) is 5.73. The predicted molar refractivity (Wildman–Crippen MR) is 84.5 cm³/mol. The maximum atomic E-state index is 12.7.